The monoisotopic (exact) mass is 333 g/mol. The highest BCUT2D eigenvalue weighted by Gasteiger charge is 2.15. The Balaban J connectivity index is 2.14. The van der Waals surface area contributed by atoms with Gasteiger partial charge in [0.1, 0.15) is 5.82 Å². The van der Waals surface area contributed by atoms with Crippen LogP contribution in [0.25, 0.3) is 0 Å². The first-order valence-corrected chi connectivity index (χ1v) is 6.46. The lowest BCUT2D eigenvalue weighted by atomic mass is 10.2. The molecule has 0 amide bonds. The molecule has 0 heterocycles. The molecule has 0 unspecified atom stereocenters. The van der Waals surface area contributed by atoms with Crippen LogP contribution in [0.4, 0.5) is 27.6 Å². The smallest absolute Gasteiger partial charge is 0.387 e. The van der Waals surface area contributed by atoms with Gasteiger partial charge < -0.3 is 14.8 Å². The minimum absolute atomic E-state index is 0.0792. The van der Waals surface area contributed by atoms with Crippen molar-refractivity contribution in [2.75, 3.05) is 5.32 Å². The third kappa shape index (κ3) is 5.01. The average Bonchev–Trinajstić information content (AvgIpc) is 2.48. The zero-order valence-corrected chi connectivity index (χ0v) is 11.6. The number of hydrogen-bond donors (Lipinski definition) is 1. The number of nitrogens with one attached hydrogen (secondary N) is 1. The molecule has 0 bridgehead atoms. The van der Waals surface area contributed by atoms with Gasteiger partial charge in [0, 0.05) is 23.9 Å². The van der Waals surface area contributed by atoms with Crippen LogP contribution in [0.3, 0.4) is 0 Å². The van der Waals surface area contributed by atoms with Crippen molar-refractivity contribution in [3.63, 3.8) is 0 Å². The summed E-state index contributed by atoms with van der Waals surface area (Å²) < 4.78 is 70.9. The molecule has 0 saturated carbocycles. The van der Waals surface area contributed by atoms with Gasteiger partial charge in [0.05, 0.1) is 0 Å². The minimum Gasteiger partial charge on any atom is -0.431 e. The average molecular weight is 333 g/mol. The van der Waals surface area contributed by atoms with Crippen molar-refractivity contribution in [1.29, 1.82) is 0 Å². The molecule has 2 rings (SSSR count). The Morgan fingerprint density at radius 2 is 1.52 bits per heavy atom. The zero-order valence-electron chi connectivity index (χ0n) is 11.6. The van der Waals surface area contributed by atoms with E-state index in [0.29, 0.717) is 5.56 Å². The van der Waals surface area contributed by atoms with Crippen molar-refractivity contribution in [3.8, 4) is 11.5 Å². The van der Waals surface area contributed by atoms with E-state index in [1.165, 1.54) is 18.2 Å². The summed E-state index contributed by atoms with van der Waals surface area (Å²) >= 11 is 0. The summed E-state index contributed by atoms with van der Waals surface area (Å²) in [5, 5.41) is 2.79. The lowest BCUT2D eigenvalue weighted by molar-refractivity contribution is -0.0691. The molecule has 0 radical (unpaired) electrons. The maximum atomic E-state index is 13.5. The zero-order chi connectivity index (χ0) is 16.8. The van der Waals surface area contributed by atoms with E-state index in [1.54, 1.807) is 12.1 Å². The van der Waals surface area contributed by atoms with Crippen LogP contribution in [0.2, 0.25) is 0 Å². The molecule has 3 nitrogen and oxygen atoms in total. The Morgan fingerprint density at radius 3 is 2.17 bits per heavy atom. The van der Waals surface area contributed by atoms with Gasteiger partial charge in [-0.3, -0.25) is 0 Å². The van der Waals surface area contributed by atoms with Crippen molar-refractivity contribution in [2.24, 2.45) is 0 Å². The standard InChI is InChI=1S/C15H12F5NO2/c16-11-4-2-1-3-9(11)8-21-10-5-6-12(22-14(17)18)13(7-10)23-15(19)20/h1-7,14-15,21H,8H2. The molecular weight excluding hydrogens is 321 g/mol. The highest BCUT2D eigenvalue weighted by atomic mass is 19.3. The van der Waals surface area contributed by atoms with E-state index < -0.39 is 30.5 Å². The summed E-state index contributed by atoms with van der Waals surface area (Å²) in [6.45, 7) is -6.29. The summed E-state index contributed by atoms with van der Waals surface area (Å²) in [4.78, 5) is 0. The van der Waals surface area contributed by atoms with Gasteiger partial charge in [-0.1, -0.05) is 18.2 Å². The number of ether oxygens (including phenoxy) is 2. The van der Waals surface area contributed by atoms with Crippen molar-refractivity contribution in [2.45, 2.75) is 19.8 Å². The normalized spacial score (nSPS) is 10.9. The Morgan fingerprint density at radius 1 is 0.870 bits per heavy atom. The van der Waals surface area contributed by atoms with E-state index in [-0.39, 0.29) is 12.2 Å². The fraction of sp³-hybridized carbons (Fsp3) is 0.200. The second-order valence-corrected chi connectivity index (χ2v) is 4.36. The molecule has 2 aromatic rings. The van der Waals surface area contributed by atoms with Gasteiger partial charge in [-0.2, -0.15) is 17.6 Å². The molecule has 0 aliphatic rings. The number of benzene rings is 2. The molecule has 124 valence electrons. The van der Waals surface area contributed by atoms with Crippen LogP contribution in [0.5, 0.6) is 11.5 Å². The second-order valence-electron chi connectivity index (χ2n) is 4.36. The topological polar surface area (TPSA) is 30.5 Å². The maximum Gasteiger partial charge on any atom is 0.387 e. The molecule has 0 atom stereocenters. The Kier molecular flexibility index (Phi) is 5.61. The molecule has 0 fully saturated rings. The van der Waals surface area contributed by atoms with Crippen molar-refractivity contribution in [3.05, 3.63) is 53.8 Å². The van der Waals surface area contributed by atoms with Gasteiger partial charge in [0.15, 0.2) is 11.5 Å². The summed E-state index contributed by atoms with van der Waals surface area (Å²) in [7, 11) is 0. The second kappa shape index (κ2) is 7.66. The molecule has 0 aliphatic heterocycles. The van der Waals surface area contributed by atoms with Gasteiger partial charge in [0.25, 0.3) is 0 Å². The van der Waals surface area contributed by atoms with Gasteiger partial charge in [-0.15, -0.1) is 0 Å². The first kappa shape index (κ1) is 16.9. The lowest BCUT2D eigenvalue weighted by Gasteiger charge is -2.14. The van der Waals surface area contributed by atoms with Gasteiger partial charge in [-0.05, 0) is 18.2 Å². The summed E-state index contributed by atoms with van der Waals surface area (Å²) in [5.41, 5.74) is 0.641. The first-order chi connectivity index (χ1) is 11.0. The number of rotatable bonds is 7. The number of halogens is 5. The molecule has 0 aliphatic carbocycles. The third-order valence-corrected chi connectivity index (χ3v) is 2.82. The van der Waals surface area contributed by atoms with Crippen molar-refractivity contribution >= 4 is 5.69 Å². The SMILES string of the molecule is Fc1ccccc1CNc1ccc(OC(F)F)c(OC(F)F)c1. The van der Waals surface area contributed by atoms with Gasteiger partial charge in [0.2, 0.25) is 0 Å². The van der Waals surface area contributed by atoms with E-state index in [1.807, 2.05) is 0 Å². The number of alkyl halides is 4. The first-order valence-electron chi connectivity index (χ1n) is 6.46. The summed E-state index contributed by atoms with van der Waals surface area (Å²) in [6.07, 6.45) is 0. The van der Waals surface area contributed by atoms with Crippen LogP contribution in [0.1, 0.15) is 5.56 Å². The van der Waals surface area contributed by atoms with E-state index in [9.17, 15) is 22.0 Å². The van der Waals surface area contributed by atoms with Crippen molar-refractivity contribution < 1.29 is 31.4 Å². The number of anilines is 1. The predicted octanol–water partition coefficient (Wildman–Crippen LogP) is 4.64. The van der Waals surface area contributed by atoms with Crippen molar-refractivity contribution in [1.82, 2.24) is 0 Å². The highest BCUT2D eigenvalue weighted by Crippen LogP contribution is 2.33. The highest BCUT2D eigenvalue weighted by molar-refractivity contribution is 5.55. The molecule has 0 saturated heterocycles. The van der Waals surface area contributed by atoms with Crippen LogP contribution in [-0.4, -0.2) is 13.2 Å². The lowest BCUT2D eigenvalue weighted by Crippen LogP contribution is -2.08. The molecule has 0 spiro atoms. The number of hydrogen-bond acceptors (Lipinski definition) is 3. The molecular formula is C15H12F5NO2. The van der Waals surface area contributed by atoms with Crippen LogP contribution in [0.15, 0.2) is 42.5 Å². The Labute approximate surface area is 128 Å². The molecule has 1 N–H and O–H groups in total. The van der Waals surface area contributed by atoms with Crippen LogP contribution < -0.4 is 14.8 Å². The van der Waals surface area contributed by atoms with Crippen LogP contribution in [0, 0.1) is 5.82 Å². The fourth-order valence-electron chi connectivity index (χ4n) is 1.84. The molecule has 2 aromatic carbocycles. The summed E-state index contributed by atoms with van der Waals surface area (Å²) in [5.74, 6) is -1.49. The quantitative estimate of drug-likeness (QED) is 0.749. The maximum absolute atomic E-state index is 13.5. The summed E-state index contributed by atoms with van der Waals surface area (Å²) in [6, 6.07) is 9.47. The van der Waals surface area contributed by atoms with Crippen LogP contribution >= 0.6 is 0 Å². The molecule has 23 heavy (non-hydrogen) atoms. The van der Waals surface area contributed by atoms with E-state index >= 15 is 0 Å². The van der Waals surface area contributed by atoms with Crippen LogP contribution in [-0.2, 0) is 6.54 Å². The fourth-order valence-corrected chi connectivity index (χ4v) is 1.84. The minimum atomic E-state index is -3.20. The molecule has 0 aromatic heterocycles. The van der Waals surface area contributed by atoms with E-state index in [2.05, 4.69) is 14.8 Å². The third-order valence-electron chi connectivity index (χ3n) is 2.82. The van der Waals surface area contributed by atoms with E-state index in [4.69, 9.17) is 0 Å². The predicted molar refractivity (Wildman–Crippen MR) is 73.4 cm³/mol. The Bertz CT molecular complexity index is 652. The molecule has 8 heteroatoms. The Hall–Kier alpha value is -2.51. The van der Waals surface area contributed by atoms with Gasteiger partial charge >= 0.3 is 13.2 Å². The van der Waals surface area contributed by atoms with E-state index in [0.717, 1.165) is 12.1 Å². The van der Waals surface area contributed by atoms with Gasteiger partial charge in [-0.25, -0.2) is 4.39 Å². The largest absolute Gasteiger partial charge is 0.431 e.